The Morgan fingerprint density at radius 2 is 2.35 bits per heavy atom. The molecule has 0 fully saturated rings. The molecule has 9 heteroatoms. The molecule has 0 amide bonds. The molecule has 0 aliphatic rings. The van der Waals surface area contributed by atoms with Crippen molar-refractivity contribution in [3.63, 3.8) is 0 Å². The molecule has 0 bridgehead atoms. The number of halogens is 1. The highest BCUT2D eigenvalue weighted by molar-refractivity contribution is 9.10. The molecule has 0 aliphatic heterocycles. The quantitative estimate of drug-likeness (QED) is 0.498. The second-order valence-electron chi connectivity index (χ2n) is 2.79. The standard InChI is InChI=1S/C8H8BrN3O5/c1-16-5(13)3-17-7-4(12(14)15)2-11-8(10)6(7)9/h2H,3H2,1H3,(H2,10,11). The normalized spacial score (nSPS) is 9.76. The van der Waals surface area contributed by atoms with E-state index in [1.54, 1.807) is 0 Å². The molecule has 0 spiro atoms. The average molecular weight is 306 g/mol. The number of carbonyl (C=O) groups is 1. The lowest BCUT2D eigenvalue weighted by Crippen LogP contribution is -2.14. The van der Waals surface area contributed by atoms with Gasteiger partial charge in [-0.25, -0.2) is 9.78 Å². The number of ether oxygens (including phenoxy) is 2. The molecule has 0 radical (unpaired) electrons. The van der Waals surface area contributed by atoms with E-state index in [0.29, 0.717) is 0 Å². The van der Waals surface area contributed by atoms with Crippen LogP contribution in [0.15, 0.2) is 10.7 Å². The maximum absolute atomic E-state index is 10.9. The largest absolute Gasteiger partial charge is 0.474 e. The summed E-state index contributed by atoms with van der Waals surface area (Å²) >= 11 is 3.00. The molecule has 2 N–H and O–H groups in total. The van der Waals surface area contributed by atoms with Crippen molar-refractivity contribution < 1.29 is 19.2 Å². The fraction of sp³-hybridized carbons (Fsp3) is 0.250. The Bertz CT molecular complexity index is 465. The number of aromatic nitrogens is 1. The number of hydrogen-bond donors (Lipinski definition) is 1. The Balaban J connectivity index is 3.06. The average Bonchev–Trinajstić information content (AvgIpc) is 2.30. The Morgan fingerprint density at radius 1 is 1.71 bits per heavy atom. The monoisotopic (exact) mass is 305 g/mol. The van der Waals surface area contributed by atoms with Gasteiger partial charge >= 0.3 is 11.7 Å². The van der Waals surface area contributed by atoms with E-state index in [1.165, 1.54) is 7.11 Å². The van der Waals surface area contributed by atoms with Gasteiger partial charge in [0.1, 0.15) is 16.5 Å². The molecule has 1 aromatic rings. The van der Waals surface area contributed by atoms with E-state index in [1.807, 2.05) is 0 Å². The van der Waals surface area contributed by atoms with Gasteiger partial charge in [0.05, 0.1) is 12.0 Å². The summed E-state index contributed by atoms with van der Waals surface area (Å²) in [5.41, 5.74) is 5.06. The summed E-state index contributed by atoms with van der Waals surface area (Å²) in [5, 5.41) is 10.7. The van der Waals surface area contributed by atoms with Gasteiger partial charge in [-0.1, -0.05) is 0 Å². The zero-order valence-corrected chi connectivity index (χ0v) is 10.3. The third kappa shape index (κ3) is 3.03. The van der Waals surface area contributed by atoms with Crippen molar-refractivity contribution in [1.29, 1.82) is 0 Å². The van der Waals surface area contributed by atoms with E-state index in [4.69, 9.17) is 10.5 Å². The van der Waals surface area contributed by atoms with Crippen LogP contribution in [0.4, 0.5) is 11.5 Å². The van der Waals surface area contributed by atoms with Crippen LogP contribution in [0.1, 0.15) is 0 Å². The highest BCUT2D eigenvalue weighted by Gasteiger charge is 2.22. The van der Waals surface area contributed by atoms with Gasteiger partial charge in [-0.05, 0) is 15.9 Å². The highest BCUT2D eigenvalue weighted by atomic mass is 79.9. The number of anilines is 1. The first-order chi connectivity index (χ1) is 7.97. The highest BCUT2D eigenvalue weighted by Crippen LogP contribution is 2.37. The number of pyridine rings is 1. The van der Waals surface area contributed by atoms with Gasteiger partial charge in [0.25, 0.3) is 0 Å². The van der Waals surface area contributed by atoms with E-state index >= 15 is 0 Å². The number of rotatable bonds is 4. The van der Waals surface area contributed by atoms with Gasteiger partial charge < -0.3 is 15.2 Å². The topological polar surface area (TPSA) is 118 Å². The van der Waals surface area contributed by atoms with Crippen LogP contribution in [0, 0.1) is 10.1 Å². The molecule has 1 rings (SSSR count). The molecule has 0 aromatic carbocycles. The number of methoxy groups -OCH3 is 1. The van der Waals surface area contributed by atoms with E-state index in [9.17, 15) is 14.9 Å². The molecule has 0 saturated carbocycles. The molecule has 0 aliphatic carbocycles. The maximum Gasteiger partial charge on any atom is 0.343 e. The SMILES string of the molecule is COC(=O)COc1c([N+](=O)[O-])cnc(N)c1Br. The van der Waals surface area contributed by atoms with Gasteiger partial charge in [-0.2, -0.15) is 0 Å². The predicted molar refractivity (Wildman–Crippen MR) is 60.5 cm³/mol. The number of carbonyl (C=O) groups excluding carboxylic acids is 1. The number of nitrogens with zero attached hydrogens (tertiary/aromatic N) is 2. The fourth-order valence-corrected chi connectivity index (χ4v) is 1.35. The van der Waals surface area contributed by atoms with Crippen molar-refractivity contribution in [2.75, 3.05) is 19.5 Å². The van der Waals surface area contributed by atoms with Gasteiger partial charge in [0, 0.05) is 0 Å². The first-order valence-corrected chi connectivity index (χ1v) is 5.04. The van der Waals surface area contributed by atoms with Crippen molar-refractivity contribution in [1.82, 2.24) is 4.98 Å². The summed E-state index contributed by atoms with van der Waals surface area (Å²) in [6, 6.07) is 0. The maximum atomic E-state index is 10.9. The van der Waals surface area contributed by atoms with Gasteiger partial charge in [0.15, 0.2) is 6.61 Å². The van der Waals surface area contributed by atoms with Crippen molar-refractivity contribution in [2.24, 2.45) is 0 Å². The third-order valence-electron chi connectivity index (χ3n) is 1.74. The van der Waals surface area contributed by atoms with Crippen LogP contribution in [0.2, 0.25) is 0 Å². The van der Waals surface area contributed by atoms with Crippen molar-refractivity contribution >= 4 is 33.4 Å². The second kappa shape index (κ2) is 5.43. The molecule has 0 unspecified atom stereocenters. The molecular weight excluding hydrogens is 298 g/mol. The van der Waals surface area contributed by atoms with Crippen LogP contribution in [0.3, 0.4) is 0 Å². The molecule has 1 heterocycles. The lowest BCUT2D eigenvalue weighted by Gasteiger charge is -2.08. The first kappa shape index (κ1) is 13.2. The summed E-state index contributed by atoms with van der Waals surface area (Å²) in [7, 11) is 1.18. The van der Waals surface area contributed by atoms with Crippen LogP contribution < -0.4 is 10.5 Å². The van der Waals surface area contributed by atoms with Gasteiger partial charge in [-0.3, -0.25) is 10.1 Å². The number of esters is 1. The predicted octanol–water partition coefficient (Wildman–Crippen LogP) is 0.886. The van der Waals surface area contributed by atoms with Gasteiger partial charge in [0.2, 0.25) is 5.75 Å². The molecule has 1 aromatic heterocycles. The number of nitrogens with two attached hydrogens (primary N) is 1. The summed E-state index contributed by atoms with van der Waals surface area (Å²) < 4.78 is 9.45. The smallest absolute Gasteiger partial charge is 0.343 e. The number of hydrogen-bond acceptors (Lipinski definition) is 7. The van der Waals surface area contributed by atoms with E-state index in [-0.39, 0.29) is 16.0 Å². The molecule has 8 nitrogen and oxygen atoms in total. The zero-order valence-electron chi connectivity index (χ0n) is 8.68. The van der Waals surface area contributed by atoms with Crippen LogP contribution >= 0.6 is 15.9 Å². The van der Waals surface area contributed by atoms with Crippen LogP contribution in [0.5, 0.6) is 5.75 Å². The Morgan fingerprint density at radius 3 is 2.88 bits per heavy atom. The van der Waals surface area contributed by atoms with Crippen LogP contribution in [-0.2, 0) is 9.53 Å². The summed E-state index contributed by atoms with van der Waals surface area (Å²) in [4.78, 5) is 24.5. The van der Waals surface area contributed by atoms with Crippen LogP contribution in [-0.4, -0.2) is 29.6 Å². The van der Waals surface area contributed by atoms with Gasteiger partial charge in [-0.15, -0.1) is 0 Å². The molecular formula is C8H8BrN3O5. The first-order valence-electron chi connectivity index (χ1n) is 4.25. The molecule has 92 valence electrons. The fourth-order valence-electron chi connectivity index (χ4n) is 0.932. The number of nitro groups is 1. The second-order valence-corrected chi connectivity index (χ2v) is 3.59. The lowest BCUT2D eigenvalue weighted by atomic mass is 10.3. The Kier molecular flexibility index (Phi) is 4.21. The van der Waals surface area contributed by atoms with Crippen molar-refractivity contribution in [3.8, 4) is 5.75 Å². The minimum Gasteiger partial charge on any atom is -0.474 e. The van der Waals surface area contributed by atoms with Crippen molar-refractivity contribution in [3.05, 3.63) is 20.8 Å². The third-order valence-corrected chi connectivity index (χ3v) is 2.51. The Labute approximate surface area is 104 Å². The molecule has 17 heavy (non-hydrogen) atoms. The zero-order chi connectivity index (χ0) is 13.0. The number of nitrogen functional groups attached to an aromatic ring is 1. The summed E-state index contributed by atoms with van der Waals surface area (Å²) in [5.74, 6) is -0.801. The lowest BCUT2D eigenvalue weighted by molar-refractivity contribution is -0.386. The minimum absolute atomic E-state index is 0.0236. The minimum atomic E-state index is -0.691. The van der Waals surface area contributed by atoms with E-state index < -0.39 is 23.2 Å². The summed E-state index contributed by atoms with van der Waals surface area (Å²) in [6.45, 7) is -0.459. The molecule has 0 saturated heterocycles. The van der Waals surface area contributed by atoms with Crippen molar-refractivity contribution in [2.45, 2.75) is 0 Å². The summed E-state index contributed by atoms with van der Waals surface area (Å²) in [6.07, 6.45) is 0.951. The van der Waals surface area contributed by atoms with E-state index in [0.717, 1.165) is 6.20 Å². The molecule has 0 atom stereocenters. The van der Waals surface area contributed by atoms with E-state index in [2.05, 4.69) is 25.7 Å². The Hall–Kier alpha value is -1.90. The van der Waals surface area contributed by atoms with Crippen LogP contribution in [0.25, 0.3) is 0 Å².